The third-order valence-electron chi connectivity index (χ3n) is 0.0816. The fourth-order valence-corrected chi connectivity index (χ4v) is 0. The molecule has 127 valence electrons. The van der Waals surface area contributed by atoms with E-state index in [0.29, 0.717) is 0 Å². The number of rotatable bonds is 0. The number of nitriles is 6. The molecule has 0 fully saturated rings. The fourth-order valence-electron chi connectivity index (χ4n) is 0. The second-order valence-electron chi connectivity index (χ2n) is 0.793. The molecule has 10 nitrogen and oxygen atoms in total. The van der Waals surface area contributed by atoms with Crippen LogP contribution in [-0.2, 0) is 73.0 Å². The molecule has 0 bridgehead atoms. The van der Waals surface area contributed by atoms with Crippen molar-refractivity contribution in [3.63, 3.8) is 0 Å². The van der Waals surface area contributed by atoms with Gasteiger partial charge in [-0.1, -0.05) is 21.6 Å². The van der Waals surface area contributed by atoms with Gasteiger partial charge in [-0.25, -0.2) is 21.0 Å². The van der Waals surface area contributed by atoms with Gasteiger partial charge in [-0.3, -0.25) is 0 Å². The van der Waals surface area contributed by atoms with E-state index in [0.717, 1.165) is 0 Å². The Morgan fingerprint density at radius 3 is 0.696 bits per heavy atom. The van der Waals surface area contributed by atoms with Gasteiger partial charge in [0, 0.05) is 0 Å². The first kappa shape index (κ1) is 43.0. The van der Waals surface area contributed by atoms with Crippen LogP contribution in [-0.4, -0.2) is 9.11 Å². The van der Waals surface area contributed by atoms with Crippen molar-refractivity contribution < 1.29 is 31.6 Å². The first-order valence-corrected chi connectivity index (χ1v) is 7.38. The maximum atomic E-state index is 8.41. The van der Waals surface area contributed by atoms with Crippen LogP contribution < -0.4 is 0 Å². The van der Waals surface area contributed by atoms with Gasteiger partial charge in [0.1, 0.15) is 24.1 Å². The van der Waals surface area contributed by atoms with Crippen LogP contribution in [0.25, 0.3) is 0 Å². The SMILES string of the molecule is N#CSO.N#CSO.N#C[S-].N#C[S-].N#C[S-].N#C[S-].[O]=[Mn]=[O]. The van der Waals surface area contributed by atoms with Crippen molar-refractivity contribution in [2.24, 2.45) is 0 Å². The minimum absolute atomic E-state index is 0.162. The van der Waals surface area contributed by atoms with Crippen LogP contribution in [0.5, 0.6) is 0 Å². The molecular formula is C6H2MnN6O4S6-4. The normalized spacial score (nSPS) is 3.48. The van der Waals surface area contributed by atoms with Gasteiger partial charge in [-0.15, -0.1) is 0 Å². The quantitative estimate of drug-likeness (QED) is 0.220. The zero-order valence-electron chi connectivity index (χ0n) is 10.2. The molecular weight excluding hydrogens is 467 g/mol. The van der Waals surface area contributed by atoms with E-state index in [9.17, 15) is 0 Å². The van der Waals surface area contributed by atoms with Gasteiger partial charge in [0.25, 0.3) is 0 Å². The van der Waals surface area contributed by atoms with Crippen molar-refractivity contribution in [2.75, 3.05) is 0 Å². The third kappa shape index (κ3) is 22600. The topological polar surface area (TPSA) is 217 Å². The van der Waals surface area contributed by atoms with E-state index >= 15 is 0 Å². The van der Waals surface area contributed by atoms with Crippen molar-refractivity contribution in [1.82, 2.24) is 0 Å². The molecule has 0 aliphatic heterocycles. The molecule has 0 radical (unpaired) electrons. The third-order valence-corrected chi connectivity index (χ3v) is 0.245. The van der Waals surface area contributed by atoms with E-state index in [1.807, 2.05) is 0 Å². The Morgan fingerprint density at radius 1 is 0.652 bits per heavy atom. The predicted octanol–water partition coefficient (Wildman–Crippen LogP) is 1.16. The summed E-state index contributed by atoms with van der Waals surface area (Å²) < 4.78 is 31.7. The summed E-state index contributed by atoms with van der Waals surface area (Å²) in [5.41, 5.74) is 0. The molecule has 0 rings (SSSR count). The summed E-state index contributed by atoms with van der Waals surface area (Å²) in [6, 6.07) is 0. The first-order valence-electron chi connectivity index (χ1n) is 3.24. The first-order chi connectivity index (χ1) is 10.9. The summed E-state index contributed by atoms with van der Waals surface area (Å²) in [5.74, 6) is 0. The van der Waals surface area contributed by atoms with Crippen LogP contribution in [0, 0.1) is 64.0 Å². The summed E-state index contributed by atoms with van der Waals surface area (Å²) in [7, 11) is 0. The zero-order chi connectivity index (χ0) is 20.4. The number of thiocyanates is 6. The number of nitrogens with zero attached hydrogens (tertiary/aromatic N) is 6. The molecule has 0 aromatic rings. The van der Waals surface area contributed by atoms with Crippen LogP contribution in [0.15, 0.2) is 0 Å². The summed E-state index contributed by atoms with van der Waals surface area (Å²) in [4.78, 5) is 0. The van der Waals surface area contributed by atoms with Crippen LogP contribution in [0.2, 0.25) is 0 Å². The van der Waals surface area contributed by atoms with Gasteiger partial charge in [0.15, 0.2) is 10.8 Å². The van der Waals surface area contributed by atoms with Crippen LogP contribution in [0.1, 0.15) is 0 Å². The summed E-state index contributed by atoms with van der Waals surface area (Å²) >= 11 is 13.7. The van der Waals surface area contributed by atoms with Crippen molar-refractivity contribution in [3.05, 3.63) is 0 Å². The van der Waals surface area contributed by atoms with E-state index in [-0.39, 0.29) is 24.1 Å². The standard InChI is InChI=1S/2CHNOS.4CHNS.Mn.2O/c2*2-1-4-3;4*2-1-3;;;/h2*3H;4*3H;;;/p-4. The van der Waals surface area contributed by atoms with E-state index < -0.39 is 14.8 Å². The van der Waals surface area contributed by atoms with Gasteiger partial charge in [-0.2, -0.15) is 10.5 Å². The zero-order valence-corrected chi connectivity index (χ0v) is 16.3. The van der Waals surface area contributed by atoms with Crippen LogP contribution >= 0.6 is 24.1 Å². The number of hydrogen-bond donors (Lipinski definition) is 2. The van der Waals surface area contributed by atoms with Crippen molar-refractivity contribution in [2.45, 2.75) is 0 Å². The Bertz CT molecular complexity index is 401. The Kier molecular flexibility index (Phi) is 257. The molecule has 0 aliphatic rings. The Hall–Kier alpha value is -1.44. The minimum atomic E-state index is -1.44. The van der Waals surface area contributed by atoms with E-state index in [4.69, 9.17) is 48.3 Å². The van der Waals surface area contributed by atoms with Gasteiger partial charge >= 0.3 is 22.5 Å². The van der Waals surface area contributed by atoms with Gasteiger partial charge < -0.3 is 59.6 Å². The summed E-state index contributed by atoms with van der Waals surface area (Å²) in [5, 5.41) is 51.4. The molecule has 0 aromatic heterocycles. The van der Waals surface area contributed by atoms with E-state index in [1.54, 1.807) is 0 Å². The Labute approximate surface area is 169 Å². The Balaban J connectivity index is -0.0000000261. The van der Waals surface area contributed by atoms with Gasteiger partial charge in [-0.05, 0) is 0 Å². The number of hydrogen-bond acceptors (Lipinski definition) is 16. The Morgan fingerprint density at radius 2 is 0.696 bits per heavy atom. The molecule has 0 heterocycles. The summed E-state index contributed by atoms with van der Waals surface area (Å²) in [6.07, 6.45) is 0. The average Bonchev–Trinajstić information content (AvgIpc) is 2.51. The molecule has 23 heavy (non-hydrogen) atoms. The average molecular weight is 469 g/mol. The molecule has 0 amide bonds. The van der Waals surface area contributed by atoms with Crippen LogP contribution in [0.4, 0.5) is 0 Å². The van der Waals surface area contributed by atoms with Gasteiger partial charge in [0.05, 0.1) is 0 Å². The fraction of sp³-hybridized carbons (Fsp3) is 0. The molecule has 0 atom stereocenters. The molecule has 17 heteroatoms. The molecule has 0 unspecified atom stereocenters. The molecule has 0 saturated carbocycles. The van der Waals surface area contributed by atoms with Gasteiger partial charge in [0.2, 0.25) is 0 Å². The molecule has 0 spiro atoms. The monoisotopic (exact) mass is 469 g/mol. The second kappa shape index (κ2) is 138. The van der Waals surface area contributed by atoms with E-state index in [1.165, 1.54) is 32.4 Å². The predicted molar refractivity (Wildman–Crippen MR) is 85.0 cm³/mol. The molecule has 0 aromatic carbocycles. The molecule has 0 aliphatic carbocycles. The van der Waals surface area contributed by atoms with Crippen molar-refractivity contribution in [1.29, 1.82) is 31.6 Å². The molecule has 0 saturated heterocycles. The molecule has 2 N–H and O–H groups in total. The maximum absolute atomic E-state index is 8.41. The second-order valence-corrected chi connectivity index (χ2v) is 2.45. The summed E-state index contributed by atoms with van der Waals surface area (Å²) in [6.45, 7) is 0. The van der Waals surface area contributed by atoms with Crippen LogP contribution in [0.3, 0.4) is 0 Å². The van der Waals surface area contributed by atoms with E-state index in [2.05, 4.69) is 50.5 Å². The van der Waals surface area contributed by atoms with Crippen molar-refractivity contribution in [3.8, 4) is 32.4 Å². The van der Waals surface area contributed by atoms with Crippen molar-refractivity contribution >= 4 is 74.6 Å².